The highest BCUT2D eigenvalue weighted by molar-refractivity contribution is 5.86. The van der Waals surface area contributed by atoms with Crippen LogP contribution in [0.3, 0.4) is 0 Å². The van der Waals surface area contributed by atoms with Crippen molar-refractivity contribution in [2.45, 2.75) is 6.92 Å². The maximum atomic E-state index is 11.4. The van der Waals surface area contributed by atoms with Gasteiger partial charge in [-0.05, 0) is 6.92 Å². The molecule has 0 atom stereocenters. The molecular formula is C10H15NO5. The van der Waals surface area contributed by atoms with Gasteiger partial charge in [0, 0.05) is 18.7 Å². The van der Waals surface area contributed by atoms with Crippen LogP contribution in [0.15, 0.2) is 12.2 Å². The molecule has 1 saturated heterocycles. The van der Waals surface area contributed by atoms with Gasteiger partial charge in [0.05, 0.1) is 13.2 Å². The van der Waals surface area contributed by atoms with Crippen LogP contribution in [0.4, 0.5) is 4.79 Å². The number of hydrogen-bond acceptors (Lipinski definition) is 5. The van der Waals surface area contributed by atoms with Crippen LogP contribution in [0.2, 0.25) is 0 Å². The van der Waals surface area contributed by atoms with Crippen molar-refractivity contribution in [1.82, 2.24) is 4.90 Å². The predicted octanol–water partition coefficient (Wildman–Crippen LogP) is 0.532. The average Bonchev–Trinajstić information content (AvgIpc) is 2.29. The molecule has 1 amide bonds. The molecule has 0 aromatic rings. The Balaban J connectivity index is 2.19. The van der Waals surface area contributed by atoms with Crippen molar-refractivity contribution >= 4 is 12.1 Å². The quantitative estimate of drug-likeness (QED) is 0.401. The van der Waals surface area contributed by atoms with E-state index in [-0.39, 0.29) is 12.4 Å². The molecular weight excluding hydrogens is 214 g/mol. The third kappa shape index (κ3) is 3.90. The largest absolute Gasteiger partial charge is 0.424 e. The molecule has 0 aromatic carbocycles. The third-order valence-corrected chi connectivity index (χ3v) is 1.99. The van der Waals surface area contributed by atoms with Crippen molar-refractivity contribution in [2.75, 3.05) is 33.1 Å². The van der Waals surface area contributed by atoms with E-state index in [9.17, 15) is 9.59 Å². The SMILES string of the molecule is C=C(C)C(=O)OCOC(=O)N1CCOCC1. The Hall–Kier alpha value is -1.56. The Morgan fingerprint density at radius 3 is 2.50 bits per heavy atom. The zero-order chi connectivity index (χ0) is 12.0. The summed E-state index contributed by atoms with van der Waals surface area (Å²) in [5, 5.41) is 0. The summed E-state index contributed by atoms with van der Waals surface area (Å²) in [6.07, 6.45) is -0.502. The Labute approximate surface area is 93.8 Å². The van der Waals surface area contributed by atoms with Crippen LogP contribution in [0.1, 0.15) is 6.92 Å². The molecule has 16 heavy (non-hydrogen) atoms. The van der Waals surface area contributed by atoms with Gasteiger partial charge in [0.1, 0.15) is 0 Å². The molecule has 0 unspecified atom stereocenters. The maximum absolute atomic E-state index is 11.4. The highest BCUT2D eigenvalue weighted by Gasteiger charge is 2.18. The van der Waals surface area contributed by atoms with Crippen LogP contribution in [0.5, 0.6) is 0 Å². The van der Waals surface area contributed by atoms with Crippen molar-refractivity contribution < 1.29 is 23.8 Å². The minimum Gasteiger partial charge on any atom is -0.424 e. The van der Waals surface area contributed by atoms with Crippen LogP contribution in [0.25, 0.3) is 0 Å². The molecule has 6 nitrogen and oxygen atoms in total. The van der Waals surface area contributed by atoms with Crippen molar-refractivity contribution in [1.29, 1.82) is 0 Å². The summed E-state index contributed by atoms with van der Waals surface area (Å²) in [6.45, 7) is 6.52. The van der Waals surface area contributed by atoms with Gasteiger partial charge in [-0.2, -0.15) is 0 Å². The molecule has 0 aliphatic carbocycles. The molecule has 1 fully saturated rings. The first kappa shape index (κ1) is 12.5. The molecule has 0 bridgehead atoms. The first-order valence-electron chi connectivity index (χ1n) is 4.93. The summed E-state index contributed by atoms with van der Waals surface area (Å²) < 4.78 is 14.5. The van der Waals surface area contributed by atoms with Crippen LogP contribution in [-0.2, 0) is 19.0 Å². The van der Waals surface area contributed by atoms with Gasteiger partial charge in [0.15, 0.2) is 0 Å². The standard InChI is InChI=1S/C10H15NO5/c1-8(2)9(12)15-7-16-10(13)11-3-5-14-6-4-11/h1,3-7H2,2H3. The van der Waals surface area contributed by atoms with Gasteiger partial charge < -0.3 is 19.1 Å². The summed E-state index contributed by atoms with van der Waals surface area (Å²) in [4.78, 5) is 23.8. The number of ether oxygens (including phenoxy) is 3. The topological polar surface area (TPSA) is 65.1 Å². The van der Waals surface area contributed by atoms with Crippen molar-refractivity contribution in [3.8, 4) is 0 Å². The lowest BCUT2D eigenvalue weighted by molar-refractivity contribution is -0.147. The van der Waals surface area contributed by atoms with Crippen LogP contribution >= 0.6 is 0 Å². The molecule has 1 rings (SSSR count). The third-order valence-electron chi connectivity index (χ3n) is 1.99. The summed E-state index contributed by atoms with van der Waals surface area (Å²) in [5.41, 5.74) is 0.266. The number of carbonyl (C=O) groups is 2. The molecule has 1 heterocycles. The fraction of sp³-hybridized carbons (Fsp3) is 0.600. The smallest absolute Gasteiger partial charge is 0.412 e. The van der Waals surface area contributed by atoms with E-state index >= 15 is 0 Å². The molecule has 1 aliphatic heterocycles. The molecule has 0 aromatic heterocycles. The zero-order valence-electron chi connectivity index (χ0n) is 9.23. The monoisotopic (exact) mass is 229 g/mol. The number of amides is 1. The van der Waals surface area contributed by atoms with E-state index in [2.05, 4.69) is 11.3 Å². The average molecular weight is 229 g/mol. The highest BCUT2D eigenvalue weighted by Crippen LogP contribution is 2.00. The van der Waals surface area contributed by atoms with Gasteiger partial charge in [-0.1, -0.05) is 6.58 Å². The van der Waals surface area contributed by atoms with E-state index < -0.39 is 12.1 Å². The van der Waals surface area contributed by atoms with Gasteiger partial charge >= 0.3 is 12.1 Å². The maximum Gasteiger partial charge on any atom is 0.412 e. The summed E-state index contributed by atoms with van der Waals surface area (Å²) in [7, 11) is 0. The minimum atomic E-state index is -0.574. The molecule has 1 aliphatic rings. The van der Waals surface area contributed by atoms with Crippen LogP contribution in [0, 0.1) is 0 Å². The summed E-state index contributed by atoms with van der Waals surface area (Å²) in [5.74, 6) is -0.574. The second-order valence-corrected chi connectivity index (χ2v) is 3.34. The Morgan fingerprint density at radius 1 is 1.31 bits per heavy atom. The van der Waals surface area contributed by atoms with E-state index in [1.165, 1.54) is 11.8 Å². The Kier molecular flexibility index (Phi) is 4.78. The number of rotatable bonds is 3. The molecule has 90 valence electrons. The second kappa shape index (κ2) is 6.12. The summed E-state index contributed by atoms with van der Waals surface area (Å²) in [6, 6.07) is 0. The molecule has 0 N–H and O–H groups in total. The number of morpholine rings is 1. The van der Waals surface area contributed by atoms with E-state index in [1.807, 2.05) is 0 Å². The zero-order valence-corrected chi connectivity index (χ0v) is 9.23. The Morgan fingerprint density at radius 2 is 1.94 bits per heavy atom. The molecule has 0 saturated carbocycles. The van der Waals surface area contributed by atoms with Crippen molar-refractivity contribution in [3.05, 3.63) is 12.2 Å². The lowest BCUT2D eigenvalue weighted by Gasteiger charge is -2.25. The number of esters is 1. The van der Waals surface area contributed by atoms with Gasteiger partial charge in [-0.25, -0.2) is 9.59 Å². The lowest BCUT2D eigenvalue weighted by atomic mass is 10.4. The van der Waals surface area contributed by atoms with E-state index in [1.54, 1.807) is 0 Å². The van der Waals surface area contributed by atoms with Gasteiger partial charge in [0.2, 0.25) is 6.79 Å². The predicted molar refractivity (Wildman–Crippen MR) is 54.6 cm³/mol. The minimum absolute atomic E-state index is 0.266. The van der Waals surface area contributed by atoms with Crippen molar-refractivity contribution in [2.24, 2.45) is 0 Å². The van der Waals surface area contributed by atoms with Gasteiger partial charge in [-0.3, -0.25) is 0 Å². The molecule has 6 heteroatoms. The van der Waals surface area contributed by atoms with E-state index in [0.29, 0.717) is 26.3 Å². The number of carbonyl (C=O) groups excluding carboxylic acids is 2. The molecule has 0 spiro atoms. The summed E-state index contributed by atoms with van der Waals surface area (Å²) >= 11 is 0. The van der Waals surface area contributed by atoms with Gasteiger partial charge in [0.25, 0.3) is 0 Å². The van der Waals surface area contributed by atoms with Gasteiger partial charge in [-0.15, -0.1) is 0 Å². The fourth-order valence-electron chi connectivity index (χ4n) is 1.09. The van der Waals surface area contributed by atoms with E-state index in [0.717, 1.165) is 0 Å². The fourth-order valence-corrected chi connectivity index (χ4v) is 1.09. The van der Waals surface area contributed by atoms with Crippen molar-refractivity contribution in [3.63, 3.8) is 0 Å². The number of nitrogens with zero attached hydrogens (tertiary/aromatic N) is 1. The Bertz CT molecular complexity index is 283. The first-order valence-corrected chi connectivity index (χ1v) is 4.93. The normalized spacial score (nSPS) is 15.4. The highest BCUT2D eigenvalue weighted by atomic mass is 16.7. The van der Waals surface area contributed by atoms with E-state index in [4.69, 9.17) is 9.47 Å². The second-order valence-electron chi connectivity index (χ2n) is 3.34. The lowest BCUT2D eigenvalue weighted by Crippen LogP contribution is -2.41. The number of hydrogen-bond donors (Lipinski definition) is 0. The van der Waals surface area contributed by atoms with Crippen LogP contribution < -0.4 is 0 Å². The van der Waals surface area contributed by atoms with Crippen LogP contribution in [-0.4, -0.2) is 50.1 Å². The molecule has 0 radical (unpaired) electrons. The first-order chi connectivity index (χ1) is 7.61.